The highest BCUT2D eigenvalue weighted by Gasteiger charge is 2.13. The van der Waals surface area contributed by atoms with Crippen LogP contribution in [0.25, 0.3) is 0 Å². The largest absolute Gasteiger partial charge is 0.382 e. The summed E-state index contributed by atoms with van der Waals surface area (Å²) in [5.41, 5.74) is 1.64. The molecule has 1 N–H and O–H groups in total. The highest BCUT2D eigenvalue weighted by atomic mass is 79.9. The van der Waals surface area contributed by atoms with Gasteiger partial charge in [0.2, 0.25) is 0 Å². The molecule has 1 atom stereocenters. The first kappa shape index (κ1) is 10.4. The lowest BCUT2D eigenvalue weighted by Gasteiger charge is -2.11. The number of halogens is 1. The van der Waals surface area contributed by atoms with Crippen LogP contribution < -0.4 is 0 Å². The fourth-order valence-corrected chi connectivity index (χ4v) is 1.92. The smallest absolute Gasteiger partial charge is 0.121 e. The Kier molecular flexibility index (Phi) is 2.88. The number of aliphatic hydroxyl groups is 1. The third kappa shape index (κ3) is 2.11. The normalized spacial score (nSPS) is 12.7. The molecule has 0 saturated heterocycles. The second kappa shape index (κ2) is 4.16. The van der Waals surface area contributed by atoms with Gasteiger partial charge >= 0.3 is 0 Å². The summed E-state index contributed by atoms with van der Waals surface area (Å²) in [6.45, 7) is 0. The van der Waals surface area contributed by atoms with Crippen LogP contribution in [0.4, 0.5) is 0 Å². The third-order valence-electron chi connectivity index (χ3n) is 2.30. The van der Waals surface area contributed by atoms with E-state index in [-0.39, 0.29) is 0 Å². The van der Waals surface area contributed by atoms with Crippen molar-refractivity contribution in [1.82, 2.24) is 9.78 Å². The van der Waals surface area contributed by atoms with Crippen molar-refractivity contribution in [2.45, 2.75) is 6.10 Å². The molecule has 15 heavy (non-hydrogen) atoms. The van der Waals surface area contributed by atoms with E-state index in [0.29, 0.717) is 0 Å². The summed E-state index contributed by atoms with van der Waals surface area (Å²) in [6, 6.07) is 9.43. The van der Waals surface area contributed by atoms with Gasteiger partial charge in [-0.2, -0.15) is 5.10 Å². The SMILES string of the molecule is Cn1nccc1C(O)c1cccc(Br)c1. The van der Waals surface area contributed by atoms with Crippen molar-refractivity contribution in [1.29, 1.82) is 0 Å². The maximum Gasteiger partial charge on any atom is 0.121 e. The van der Waals surface area contributed by atoms with E-state index in [9.17, 15) is 5.11 Å². The van der Waals surface area contributed by atoms with Crippen LogP contribution in [0.5, 0.6) is 0 Å². The lowest BCUT2D eigenvalue weighted by Crippen LogP contribution is -2.06. The number of aromatic nitrogens is 2. The Balaban J connectivity index is 2.36. The summed E-state index contributed by atoms with van der Waals surface area (Å²) < 4.78 is 2.63. The molecule has 1 aromatic heterocycles. The Labute approximate surface area is 96.5 Å². The maximum absolute atomic E-state index is 10.1. The van der Waals surface area contributed by atoms with Crippen molar-refractivity contribution in [2.24, 2.45) is 7.05 Å². The molecule has 3 nitrogen and oxygen atoms in total. The standard InChI is InChI=1S/C11H11BrN2O/c1-14-10(5-6-13-14)11(15)8-3-2-4-9(12)7-8/h2-7,11,15H,1H3. The van der Waals surface area contributed by atoms with Crippen molar-refractivity contribution in [2.75, 3.05) is 0 Å². The molecule has 0 fully saturated rings. The van der Waals surface area contributed by atoms with Gasteiger partial charge in [0, 0.05) is 17.7 Å². The summed E-state index contributed by atoms with van der Waals surface area (Å²) in [6.07, 6.45) is 1.05. The maximum atomic E-state index is 10.1. The number of aliphatic hydroxyl groups excluding tert-OH is 1. The zero-order chi connectivity index (χ0) is 10.8. The van der Waals surface area contributed by atoms with E-state index in [0.717, 1.165) is 15.7 Å². The summed E-state index contributed by atoms with van der Waals surface area (Å²) in [7, 11) is 1.82. The molecule has 4 heteroatoms. The molecular weight excluding hydrogens is 256 g/mol. The molecule has 0 bridgehead atoms. The van der Waals surface area contributed by atoms with Crippen molar-refractivity contribution in [3.05, 3.63) is 52.3 Å². The average molecular weight is 267 g/mol. The van der Waals surface area contributed by atoms with Gasteiger partial charge in [-0.1, -0.05) is 28.1 Å². The number of hydrogen-bond donors (Lipinski definition) is 1. The fourth-order valence-electron chi connectivity index (χ4n) is 1.50. The van der Waals surface area contributed by atoms with Gasteiger partial charge in [0.15, 0.2) is 0 Å². The molecule has 0 aliphatic rings. The number of nitrogens with zero attached hydrogens (tertiary/aromatic N) is 2. The fraction of sp³-hybridized carbons (Fsp3) is 0.182. The molecule has 2 aromatic rings. The molecule has 1 aromatic carbocycles. The average Bonchev–Trinajstić information content (AvgIpc) is 2.63. The van der Waals surface area contributed by atoms with Crippen LogP contribution in [-0.2, 0) is 7.05 Å². The molecule has 1 unspecified atom stereocenters. The van der Waals surface area contributed by atoms with Crippen molar-refractivity contribution in [3.63, 3.8) is 0 Å². The van der Waals surface area contributed by atoms with Crippen LogP contribution in [-0.4, -0.2) is 14.9 Å². The first-order valence-electron chi connectivity index (χ1n) is 4.60. The summed E-state index contributed by atoms with van der Waals surface area (Å²) in [5.74, 6) is 0. The number of benzene rings is 1. The molecule has 0 aliphatic carbocycles. The van der Waals surface area contributed by atoms with Crippen LogP contribution in [0.15, 0.2) is 41.0 Å². The lowest BCUT2D eigenvalue weighted by molar-refractivity contribution is 0.209. The summed E-state index contributed by atoms with van der Waals surface area (Å²) in [5, 5.41) is 14.1. The lowest BCUT2D eigenvalue weighted by atomic mass is 10.1. The van der Waals surface area contributed by atoms with E-state index in [2.05, 4.69) is 21.0 Å². The van der Waals surface area contributed by atoms with E-state index in [1.165, 1.54) is 0 Å². The van der Waals surface area contributed by atoms with E-state index < -0.39 is 6.10 Å². The molecule has 0 radical (unpaired) electrons. The molecule has 0 aliphatic heterocycles. The van der Waals surface area contributed by atoms with Gasteiger partial charge in [-0.15, -0.1) is 0 Å². The van der Waals surface area contributed by atoms with E-state index in [1.54, 1.807) is 10.9 Å². The Hall–Kier alpha value is -1.13. The summed E-state index contributed by atoms with van der Waals surface area (Å²) in [4.78, 5) is 0. The van der Waals surface area contributed by atoms with Crippen molar-refractivity contribution in [3.8, 4) is 0 Å². The van der Waals surface area contributed by atoms with Gasteiger partial charge in [-0.3, -0.25) is 4.68 Å². The van der Waals surface area contributed by atoms with Gasteiger partial charge in [0.05, 0.1) is 5.69 Å². The number of aryl methyl sites for hydroxylation is 1. The van der Waals surface area contributed by atoms with Crippen LogP contribution in [0, 0.1) is 0 Å². The topological polar surface area (TPSA) is 38.0 Å². The zero-order valence-electron chi connectivity index (χ0n) is 8.26. The van der Waals surface area contributed by atoms with Gasteiger partial charge in [0.1, 0.15) is 6.10 Å². The highest BCUT2D eigenvalue weighted by molar-refractivity contribution is 9.10. The minimum absolute atomic E-state index is 0.630. The molecule has 0 saturated carbocycles. The second-order valence-corrected chi connectivity index (χ2v) is 4.25. The van der Waals surface area contributed by atoms with Gasteiger partial charge in [-0.25, -0.2) is 0 Å². The van der Waals surface area contributed by atoms with E-state index in [4.69, 9.17) is 0 Å². The quantitative estimate of drug-likeness (QED) is 0.906. The van der Waals surface area contributed by atoms with Gasteiger partial charge < -0.3 is 5.11 Å². The first-order chi connectivity index (χ1) is 7.18. The number of rotatable bonds is 2. The molecule has 78 valence electrons. The molecule has 0 amide bonds. The van der Waals surface area contributed by atoms with E-state index >= 15 is 0 Å². The highest BCUT2D eigenvalue weighted by Crippen LogP contribution is 2.23. The molecule has 0 spiro atoms. The van der Waals surface area contributed by atoms with Crippen LogP contribution in [0.3, 0.4) is 0 Å². The first-order valence-corrected chi connectivity index (χ1v) is 5.39. The van der Waals surface area contributed by atoms with Gasteiger partial charge in [0.25, 0.3) is 0 Å². The minimum Gasteiger partial charge on any atom is -0.382 e. The molecule has 2 rings (SSSR count). The zero-order valence-corrected chi connectivity index (χ0v) is 9.85. The minimum atomic E-state index is -0.630. The number of hydrogen-bond acceptors (Lipinski definition) is 2. The predicted octanol–water partition coefficient (Wildman–Crippen LogP) is 2.26. The Morgan fingerprint density at radius 1 is 1.40 bits per heavy atom. The summed E-state index contributed by atoms with van der Waals surface area (Å²) >= 11 is 3.38. The second-order valence-electron chi connectivity index (χ2n) is 3.34. The predicted molar refractivity (Wildman–Crippen MR) is 61.4 cm³/mol. The van der Waals surface area contributed by atoms with Crippen molar-refractivity contribution < 1.29 is 5.11 Å². The van der Waals surface area contributed by atoms with Crippen molar-refractivity contribution >= 4 is 15.9 Å². The van der Waals surface area contributed by atoms with Crippen LogP contribution in [0.1, 0.15) is 17.4 Å². The molecule has 1 heterocycles. The van der Waals surface area contributed by atoms with Gasteiger partial charge in [-0.05, 0) is 23.8 Å². The monoisotopic (exact) mass is 266 g/mol. The Bertz CT molecular complexity index is 467. The van der Waals surface area contributed by atoms with E-state index in [1.807, 2.05) is 37.4 Å². The molecular formula is C11H11BrN2O. The Morgan fingerprint density at radius 2 is 2.20 bits per heavy atom. The van der Waals surface area contributed by atoms with Crippen LogP contribution >= 0.6 is 15.9 Å². The third-order valence-corrected chi connectivity index (χ3v) is 2.80. The Morgan fingerprint density at radius 3 is 2.80 bits per heavy atom. The van der Waals surface area contributed by atoms with Crippen LogP contribution in [0.2, 0.25) is 0 Å².